The van der Waals surface area contributed by atoms with E-state index >= 15 is 0 Å². The van der Waals surface area contributed by atoms with Crippen LogP contribution in [0.3, 0.4) is 0 Å². The molecule has 2 N–H and O–H groups in total. The lowest BCUT2D eigenvalue weighted by molar-refractivity contribution is 0.566. The Balaban J connectivity index is 2.50. The summed E-state index contributed by atoms with van der Waals surface area (Å²) < 4.78 is 3.81. The Labute approximate surface area is 94.6 Å². The first-order valence-electron chi connectivity index (χ1n) is 4.67. The summed E-state index contributed by atoms with van der Waals surface area (Å²) in [6.07, 6.45) is 2.47. The van der Waals surface area contributed by atoms with E-state index < -0.39 is 0 Å². The van der Waals surface area contributed by atoms with Gasteiger partial charge in [-0.2, -0.15) is 0 Å². The summed E-state index contributed by atoms with van der Waals surface area (Å²) in [4.78, 5) is 11.8. The van der Waals surface area contributed by atoms with Gasteiger partial charge in [-0.1, -0.05) is 0 Å². The molecule has 0 spiro atoms. The van der Waals surface area contributed by atoms with Crippen LogP contribution >= 0.6 is 15.9 Å². The smallest absolute Gasteiger partial charge is 0.330 e. The van der Waals surface area contributed by atoms with Gasteiger partial charge in [0.05, 0.1) is 0 Å². The minimum absolute atomic E-state index is 0.125. The van der Waals surface area contributed by atoms with Crippen LogP contribution in [0.5, 0.6) is 0 Å². The number of nitrogens with two attached hydrogens (primary N) is 1. The van der Waals surface area contributed by atoms with E-state index in [9.17, 15) is 4.79 Å². The van der Waals surface area contributed by atoms with Crippen molar-refractivity contribution in [3.8, 4) is 0 Å². The van der Waals surface area contributed by atoms with Gasteiger partial charge in [-0.15, -0.1) is 5.10 Å². The zero-order valence-corrected chi connectivity index (χ0v) is 9.64. The van der Waals surface area contributed by atoms with Crippen LogP contribution in [0.2, 0.25) is 0 Å². The fourth-order valence-corrected chi connectivity index (χ4v) is 1.72. The van der Waals surface area contributed by atoms with Gasteiger partial charge in [-0.3, -0.25) is 0 Å². The molecule has 5 nitrogen and oxygen atoms in total. The summed E-state index contributed by atoms with van der Waals surface area (Å²) in [6.45, 7) is 1.12. The van der Waals surface area contributed by atoms with E-state index in [1.807, 2.05) is 6.07 Å². The van der Waals surface area contributed by atoms with E-state index in [0.29, 0.717) is 18.7 Å². The van der Waals surface area contributed by atoms with Crippen LogP contribution in [0.1, 0.15) is 6.42 Å². The molecule has 0 unspecified atom stereocenters. The molecule has 0 amide bonds. The van der Waals surface area contributed by atoms with E-state index in [1.54, 1.807) is 12.3 Å². The average Bonchev–Trinajstić information content (AvgIpc) is 2.53. The van der Waals surface area contributed by atoms with Crippen molar-refractivity contribution in [1.82, 2.24) is 14.2 Å². The fraction of sp³-hybridized carbons (Fsp3) is 0.333. The van der Waals surface area contributed by atoms with Crippen LogP contribution in [-0.2, 0) is 6.54 Å². The molecular weight excluding hydrogens is 260 g/mol. The molecule has 0 radical (unpaired) electrons. The summed E-state index contributed by atoms with van der Waals surface area (Å²) >= 11 is 3.31. The molecule has 2 heterocycles. The molecular formula is C9H11BrN4O. The number of hydrogen-bond acceptors (Lipinski definition) is 3. The van der Waals surface area contributed by atoms with Crippen molar-refractivity contribution in [2.45, 2.75) is 13.0 Å². The lowest BCUT2D eigenvalue weighted by Crippen LogP contribution is -2.22. The second-order valence-corrected chi connectivity index (χ2v) is 4.14. The molecule has 0 aliphatic rings. The topological polar surface area (TPSA) is 65.3 Å². The van der Waals surface area contributed by atoms with Gasteiger partial charge >= 0.3 is 5.69 Å². The molecule has 0 aromatic carbocycles. The van der Waals surface area contributed by atoms with Crippen LogP contribution in [0.25, 0.3) is 5.65 Å². The molecule has 15 heavy (non-hydrogen) atoms. The number of aryl methyl sites for hydroxylation is 1. The zero-order chi connectivity index (χ0) is 10.8. The van der Waals surface area contributed by atoms with E-state index in [2.05, 4.69) is 21.0 Å². The Hall–Kier alpha value is -1.14. The number of pyridine rings is 1. The average molecular weight is 271 g/mol. The van der Waals surface area contributed by atoms with Gasteiger partial charge in [-0.05, 0) is 41.0 Å². The molecule has 2 rings (SSSR count). The van der Waals surface area contributed by atoms with Crippen molar-refractivity contribution < 1.29 is 0 Å². The van der Waals surface area contributed by atoms with Gasteiger partial charge in [0, 0.05) is 17.2 Å². The highest BCUT2D eigenvalue weighted by molar-refractivity contribution is 9.10. The van der Waals surface area contributed by atoms with Crippen molar-refractivity contribution in [3.05, 3.63) is 33.3 Å². The SMILES string of the molecule is NCCCn1nc2ccc(Br)cn2c1=O. The molecule has 0 atom stereocenters. The zero-order valence-electron chi connectivity index (χ0n) is 8.06. The highest BCUT2D eigenvalue weighted by Crippen LogP contribution is 2.08. The molecule has 0 saturated heterocycles. The van der Waals surface area contributed by atoms with Crippen LogP contribution in [0, 0.1) is 0 Å². The molecule has 6 heteroatoms. The predicted octanol–water partition coefficient (Wildman–Crippen LogP) is 0.607. The molecule has 0 aliphatic carbocycles. The van der Waals surface area contributed by atoms with Gasteiger partial charge in [-0.25, -0.2) is 13.9 Å². The van der Waals surface area contributed by atoms with Crippen molar-refractivity contribution >= 4 is 21.6 Å². The number of aromatic nitrogens is 3. The maximum atomic E-state index is 11.8. The normalized spacial score (nSPS) is 11.1. The standard InChI is InChI=1S/C9H11BrN4O/c10-7-2-3-8-12-14(5-1-4-11)9(15)13(8)6-7/h2-3,6H,1,4-5,11H2. The van der Waals surface area contributed by atoms with Crippen LogP contribution in [-0.4, -0.2) is 20.7 Å². The first-order valence-corrected chi connectivity index (χ1v) is 5.46. The number of nitrogens with zero attached hydrogens (tertiary/aromatic N) is 3. The van der Waals surface area contributed by atoms with E-state index in [-0.39, 0.29) is 5.69 Å². The van der Waals surface area contributed by atoms with Gasteiger partial charge in [0.2, 0.25) is 0 Å². The maximum Gasteiger partial charge on any atom is 0.350 e. The van der Waals surface area contributed by atoms with Crippen LogP contribution in [0.4, 0.5) is 0 Å². The fourth-order valence-electron chi connectivity index (χ4n) is 1.38. The van der Waals surface area contributed by atoms with E-state index in [0.717, 1.165) is 10.9 Å². The molecule has 2 aromatic heterocycles. The lowest BCUT2D eigenvalue weighted by atomic mass is 10.4. The summed E-state index contributed by atoms with van der Waals surface area (Å²) in [5.41, 5.74) is 5.92. The first-order chi connectivity index (χ1) is 7.22. The van der Waals surface area contributed by atoms with Crippen molar-refractivity contribution in [1.29, 1.82) is 0 Å². The summed E-state index contributed by atoms with van der Waals surface area (Å²) in [7, 11) is 0. The second-order valence-electron chi connectivity index (χ2n) is 3.22. The Kier molecular flexibility index (Phi) is 2.88. The minimum Gasteiger partial charge on any atom is -0.330 e. The Bertz CT molecular complexity index is 530. The van der Waals surface area contributed by atoms with E-state index in [1.165, 1.54) is 9.08 Å². The van der Waals surface area contributed by atoms with Gasteiger partial charge in [0.25, 0.3) is 0 Å². The molecule has 0 bridgehead atoms. The van der Waals surface area contributed by atoms with Gasteiger partial charge in [0.1, 0.15) is 0 Å². The number of fused-ring (bicyclic) bond motifs is 1. The summed E-state index contributed by atoms with van der Waals surface area (Å²) in [5, 5.41) is 4.18. The largest absolute Gasteiger partial charge is 0.350 e. The number of halogens is 1. The third-order valence-corrected chi connectivity index (χ3v) is 2.58. The number of hydrogen-bond donors (Lipinski definition) is 1. The first kappa shape index (κ1) is 10.4. The van der Waals surface area contributed by atoms with Crippen molar-refractivity contribution in [2.24, 2.45) is 5.73 Å². The molecule has 0 aliphatic heterocycles. The molecule has 0 fully saturated rings. The monoisotopic (exact) mass is 270 g/mol. The molecule has 0 saturated carbocycles. The Morgan fingerprint density at radius 2 is 2.27 bits per heavy atom. The molecule has 2 aromatic rings. The van der Waals surface area contributed by atoms with Gasteiger partial charge in [0.15, 0.2) is 5.65 Å². The minimum atomic E-state index is -0.125. The Morgan fingerprint density at radius 1 is 1.47 bits per heavy atom. The third-order valence-electron chi connectivity index (χ3n) is 2.11. The quantitative estimate of drug-likeness (QED) is 0.889. The predicted molar refractivity (Wildman–Crippen MR) is 60.8 cm³/mol. The maximum absolute atomic E-state index is 11.8. The summed E-state index contributed by atoms with van der Waals surface area (Å²) in [5.74, 6) is 0. The highest BCUT2D eigenvalue weighted by atomic mass is 79.9. The number of rotatable bonds is 3. The van der Waals surface area contributed by atoms with Crippen molar-refractivity contribution in [3.63, 3.8) is 0 Å². The van der Waals surface area contributed by atoms with Gasteiger partial charge < -0.3 is 5.73 Å². The highest BCUT2D eigenvalue weighted by Gasteiger charge is 2.05. The lowest BCUT2D eigenvalue weighted by Gasteiger charge is -1.94. The van der Waals surface area contributed by atoms with Crippen LogP contribution < -0.4 is 11.4 Å². The van der Waals surface area contributed by atoms with Crippen LogP contribution in [0.15, 0.2) is 27.6 Å². The second kappa shape index (κ2) is 4.16. The van der Waals surface area contributed by atoms with Crippen molar-refractivity contribution in [2.75, 3.05) is 6.54 Å². The summed E-state index contributed by atoms with van der Waals surface area (Å²) in [6, 6.07) is 3.65. The third kappa shape index (κ3) is 1.95. The molecule has 80 valence electrons. The van der Waals surface area contributed by atoms with E-state index in [4.69, 9.17) is 5.73 Å². The Morgan fingerprint density at radius 3 is 3.00 bits per heavy atom.